The second-order valence-corrected chi connectivity index (χ2v) is 26.7. The molecular weight excluding hydrogens is 1190 g/mol. The lowest BCUT2D eigenvalue weighted by Gasteiger charge is -2.44. The predicted molar refractivity (Wildman–Crippen MR) is 333 cm³/mol. The van der Waals surface area contributed by atoms with Crippen molar-refractivity contribution >= 4 is 76.6 Å². The fourth-order valence-electron chi connectivity index (χ4n) is 12.8. The predicted octanol–water partition coefficient (Wildman–Crippen LogP) is 5.21. The van der Waals surface area contributed by atoms with Crippen LogP contribution in [0.4, 0.5) is 13.2 Å². The second-order valence-electron chi connectivity index (χ2n) is 26.3. The number of rotatable bonds is 8. The summed E-state index contributed by atoms with van der Waals surface area (Å²) in [6.07, 6.45) is 4.13. The molecule has 8 atom stereocenters. The number of carbonyl (C=O) groups is 11. The van der Waals surface area contributed by atoms with Gasteiger partial charge in [0, 0.05) is 75.4 Å². The highest BCUT2D eigenvalue weighted by Crippen LogP contribution is 2.37. The van der Waals surface area contributed by atoms with Crippen LogP contribution in [0.25, 0.3) is 0 Å². The highest BCUT2D eigenvalue weighted by atomic mass is 35.5. The monoisotopic (exact) mass is 1290 g/mol. The Balaban J connectivity index is 1.55. The molecule has 1 unspecified atom stereocenters. The largest absolute Gasteiger partial charge is 0.417 e. The summed E-state index contributed by atoms with van der Waals surface area (Å²) in [6.45, 7) is 8.32. The zero-order valence-electron chi connectivity index (χ0n) is 55.4. The van der Waals surface area contributed by atoms with Crippen molar-refractivity contribution in [2.24, 2.45) is 17.8 Å². The number of aryl methyl sites for hydroxylation is 1. The van der Waals surface area contributed by atoms with E-state index in [0.29, 0.717) is 31.2 Å². The quantitative estimate of drug-likeness (QED) is 0.342. The van der Waals surface area contributed by atoms with Crippen molar-refractivity contribution in [3.05, 3.63) is 34.3 Å². The van der Waals surface area contributed by atoms with Crippen molar-refractivity contribution in [2.75, 3.05) is 82.6 Å². The van der Waals surface area contributed by atoms with Gasteiger partial charge in [-0.3, -0.25) is 52.7 Å². The standard InChI is InChI=1S/C64H99ClF3N11O11/c1-15-39(2)54-60(88)73(9)37-52(82)71(7)38-53(83)76(12)49(35-42-23-18-16-19-24-42)58(86)72(8)36-50(80)69-47(31-29-43-28-30-45(46(65)34-43)64(66,67)68)57(85)79-32-22-27-48(79)59(87)78(14)63(5,6)62(90)77(13)55(44-25-20-17-21-26-44)61(89)74(10)40(3)33-51(81)75(11)41(4)56(84)70-54/h28,30,34,39-42,44,47-49,54-55H,15-27,29,31-33,35-38H2,1-14H3,(H,69,80)(H,70,84)/t39-,40+,41-,47-,48?,49-,54-,55-/m0/s1. The molecule has 4 fully saturated rings. The van der Waals surface area contributed by atoms with E-state index in [2.05, 4.69) is 10.6 Å². The molecule has 4 aliphatic rings. The van der Waals surface area contributed by atoms with Crippen LogP contribution in [0.5, 0.6) is 0 Å². The minimum atomic E-state index is -4.75. The van der Waals surface area contributed by atoms with Crippen molar-refractivity contribution < 1.29 is 65.9 Å². The molecule has 0 spiro atoms. The van der Waals surface area contributed by atoms with Gasteiger partial charge >= 0.3 is 6.18 Å². The van der Waals surface area contributed by atoms with Gasteiger partial charge < -0.3 is 54.7 Å². The Kier molecular flexibility index (Phi) is 26.5. The summed E-state index contributed by atoms with van der Waals surface area (Å²) in [7, 11) is 11.5. The Hall–Kier alpha value is -6.53. The van der Waals surface area contributed by atoms with Gasteiger partial charge in [-0.15, -0.1) is 0 Å². The van der Waals surface area contributed by atoms with E-state index in [1.807, 2.05) is 6.92 Å². The van der Waals surface area contributed by atoms with Gasteiger partial charge in [-0.2, -0.15) is 13.2 Å². The number of alkyl halides is 3. The van der Waals surface area contributed by atoms with E-state index in [1.54, 1.807) is 34.7 Å². The Bertz CT molecular complexity index is 2780. The topological polar surface area (TPSA) is 241 Å². The number of halogens is 4. The van der Waals surface area contributed by atoms with E-state index in [-0.39, 0.29) is 50.5 Å². The number of benzene rings is 1. The summed E-state index contributed by atoms with van der Waals surface area (Å²) in [5.74, 6) is -7.43. The van der Waals surface area contributed by atoms with E-state index >= 15 is 9.59 Å². The van der Waals surface area contributed by atoms with E-state index in [9.17, 15) is 56.3 Å². The molecule has 11 amide bonds. The second kappa shape index (κ2) is 32.2. The zero-order chi connectivity index (χ0) is 67.4. The van der Waals surface area contributed by atoms with Crippen LogP contribution in [-0.2, 0) is 65.3 Å². The first-order chi connectivity index (χ1) is 42.0. The fourth-order valence-corrected chi connectivity index (χ4v) is 13.1. The van der Waals surface area contributed by atoms with Gasteiger partial charge in [-0.25, -0.2) is 0 Å². The van der Waals surface area contributed by atoms with E-state index in [0.717, 1.165) is 78.2 Å². The molecule has 2 aliphatic heterocycles. The van der Waals surface area contributed by atoms with Crippen molar-refractivity contribution in [1.82, 2.24) is 54.7 Å². The fraction of sp³-hybridized carbons (Fsp3) is 0.734. The van der Waals surface area contributed by atoms with E-state index < -0.39 is 155 Å². The molecule has 2 N–H and O–H groups in total. The highest BCUT2D eigenvalue weighted by molar-refractivity contribution is 6.31. The first-order valence-corrected chi connectivity index (χ1v) is 32.3. The summed E-state index contributed by atoms with van der Waals surface area (Å²) >= 11 is 6.12. The summed E-state index contributed by atoms with van der Waals surface area (Å²) in [4.78, 5) is 171. The number of carbonyl (C=O) groups excluding carboxylic acids is 11. The molecule has 1 aromatic rings. The molecule has 22 nitrogen and oxygen atoms in total. The molecule has 504 valence electrons. The van der Waals surface area contributed by atoms with Crippen LogP contribution in [0.1, 0.15) is 155 Å². The van der Waals surface area contributed by atoms with Crippen molar-refractivity contribution in [2.45, 2.75) is 205 Å². The van der Waals surface area contributed by atoms with Crippen molar-refractivity contribution in [3.8, 4) is 0 Å². The van der Waals surface area contributed by atoms with Gasteiger partial charge in [0.25, 0.3) is 0 Å². The van der Waals surface area contributed by atoms with Crippen LogP contribution in [0.3, 0.4) is 0 Å². The molecule has 0 aromatic heterocycles. The maximum absolute atomic E-state index is 15.1. The van der Waals surface area contributed by atoms with Crippen LogP contribution in [0, 0.1) is 17.8 Å². The summed E-state index contributed by atoms with van der Waals surface area (Å²) < 4.78 is 41.3. The molecule has 5 rings (SSSR count). The molecule has 2 aliphatic carbocycles. The Morgan fingerprint density at radius 3 is 1.82 bits per heavy atom. The molecule has 0 bridgehead atoms. The molecule has 26 heteroatoms. The number of hydrogen-bond acceptors (Lipinski definition) is 11. The maximum Gasteiger partial charge on any atom is 0.417 e. The van der Waals surface area contributed by atoms with Crippen molar-refractivity contribution in [3.63, 3.8) is 0 Å². The smallest absolute Gasteiger partial charge is 0.343 e. The number of nitrogens with one attached hydrogen (secondary N) is 2. The van der Waals surface area contributed by atoms with Gasteiger partial charge in [0.05, 0.1) is 30.2 Å². The molecule has 90 heavy (non-hydrogen) atoms. The van der Waals surface area contributed by atoms with Gasteiger partial charge in [0.1, 0.15) is 41.8 Å². The van der Waals surface area contributed by atoms with Crippen LogP contribution < -0.4 is 10.6 Å². The van der Waals surface area contributed by atoms with E-state index in [4.69, 9.17) is 11.6 Å². The van der Waals surface area contributed by atoms with Gasteiger partial charge in [0.2, 0.25) is 65.0 Å². The van der Waals surface area contributed by atoms with E-state index in [1.165, 1.54) is 91.7 Å². The summed E-state index contributed by atoms with van der Waals surface area (Å²) in [6, 6.07) is -4.49. The minimum absolute atomic E-state index is 0.0340. The first-order valence-electron chi connectivity index (χ1n) is 31.9. The number of likely N-dealkylation sites (N-methyl/N-ethyl adjacent to an activating group) is 8. The van der Waals surface area contributed by atoms with Gasteiger partial charge in [0.15, 0.2) is 0 Å². The van der Waals surface area contributed by atoms with Crippen LogP contribution in [-0.4, -0.2) is 239 Å². The first kappa shape index (κ1) is 74.2. The summed E-state index contributed by atoms with van der Waals surface area (Å²) in [5, 5.41) is 4.98. The Morgan fingerprint density at radius 1 is 0.644 bits per heavy atom. The maximum atomic E-state index is 15.1. The zero-order valence-corrected chi connectivity index (χ0v) is 56.1. The molecule has 2 saturated heterocycles. The third-order valence-corrected chi connectivity index (χ3v) is 19.9. The Labute approximate surface area is 534 Å². The minimum Gasteiger partial charge on any atom is -0.343 e. The third kappa shape index (κ3) is 18.4. The normalized spacial score (nSPS) is 26.9. The number of hydrogen-bond donors (Lipinski definition) is 2. The molecule has 2 heterocycles. The lowest BCUT2D eigenvalue weighted by molar-refractivity contribution is -0.159. The van der Waals surface area contributed by atoms with Crippen LogP contribution in [0.15, 0.2) is 18.2 Å². The SMILES string of the molecule is CC[C@H](C)[C@@H]1NC(=O)[C@H](C)N(C)C(=O)C[C@@H](C)N(C)C(=O)[C@H](C2CCCCC2)N(C)C(=O)C(C)(C)N(C)C(=O)C2CCCN2C(=O)[C@H](CCc2ccc(C(F)(F)F)c(Cl)c2)NC(=O)CN(C)C(=O)[C@H](CC2CCCCC2)N(C)C(=O)CN(C)C(=O)CN(C)C1=O. The molecule has 2 saturated carbocycles. The van der Waals surface area contributed by atoms with Gasteiger partial charge in [-0.05, 0) is 108 Å². The number of nitrogens with zero attached hydrogens (tertiary/aromatic N) is 9. The van der Waals surface area contributed by atoms with Crippen LogP contribution in [0.2, 0.25) is 5.02 Å². The van der Waals surface area contributed by atoms with Crippen LogP contribution >= 0.6 is 11.6 Å². The lowest BCUT2D eigenvalue weighted by Crippen LogP contribution is -2.64. The summed E-state index contributed by atoms with van der Waals surface area (Å²) in [5.41, 5.74) is -2.39. The number of amides is 11. The average molecular weight is 1290 g/mol. The van der Waals surface area contributed by atoms with Gasteiger partial charge in [-0.1, -0.05) is 89.3 Å². The lowest BCUT2D eigenvalue weighted by atomic mass is 9.82. The number of fused-ring (bicyclic) bond motifs is 1. The average Bonchev–Trinajstić information content (AvgIpc) is 1.27. The van der Waals surface area contributed by atoms with Crippen molar-refractivity contribution in [1.29, 1.82) is 0 Å². The Morgan fingerprint density at radius 2 is 1.23 bits per heavy atom. The molecular formula is C64H99ClF3N11O11. The third-order valence-electron chi connectivity index (χ3n) is 19.6. The molecule has 1 aromatic carbocycles. The highest BCUT2D eigenvalue weighted by Gasteiger charge is 2.48. The molecule has 0 radical (unpaired) electrons.